The zero-order chi connectivity index (χ0) is 13.8. The van der Waals surface area contributed by atoms with Crippen molar-refractivity contribution in [2.24, 2.45) is 0 Å². The van der Waals surface area contributed by atoms with Crippen LogP contribution in [0.5, 0.6) is 5.75 Å². The van der Waals surface area contributed by atoms with Gasteiger partial charge in [0.05, 0.1) is 12.8 Å². The third-order valence-corrected chi connectivity index (χ3v) is 3.37. The van der Waals surface area contributed by atoms with Crippen molar-refractivity contribution < 1.29 is 9.13 Å². The van der Waals surface area contributed by atoms with Gasteiger partial charge in [0.25, 0.3) is 0 Å². The summed E-state index contributed by atoms with van der Waals surface area (Å²) in [7, 11) is 1.58. The molecule has 0 unspecified atom stereocenters. The Morgan fingerprint density at radius 2 is 2.05 bits per heavy atom. The summed E-state index contributed by atoms with van der Waals surface area (Å²) in [5.74, 6) is 0.413. The fourth-order valence-corrected chi connectivity index (χ4v) is 2.27. The van der Waals surface area contributed by atoms with E-state index >= 15 is 0 Å². The third kappa shape index (κ3) is 3.61. The van der Waals surface area contributed by atoms with Crippen molar-refractivity contribution in [2.75, 3.05) is 12.4 Å². The minimum absolute atomic E-state index is 0.253. The second kappa shape index (κ2) is 6.26. The van der Waals surface area contributed by atoms with E-state index in [2.05, 4.69) is 21.2 Å². The number of hydrogen-bond acceptors (Lipinski definition) is 2. The number of anilines is 1. The van der Waals surface area contributed by atoms with Gasteiger partial charge in [-0.15, -0.1) is 0 Å². The number of halogens is 3. The average molecular weight is 345 g/mol. The van der Waals surface area contributed by atoms with Gasteiger partial charge in [-0.25, -0.2) is 4.39 Å². The average Bonchev–Trinajstić information content (AvgIpc) is 2.40. The highest BCUT2D eigenvalue weighted by Crippen LogP contribution is 2.28. The SMILES string of the molecule is COc1ccc(Cl)cc1NCc1cc(Br)ccc1F. The van der Waals surface area contributed by atoms with Crippen LogP contribution >= 0.6 is 27.5 Å². The molecule has 0 radical (unpaired) electrons. The van der Waals surface area contributed by atoms with Crippen LogP contribution < -0.4 is 10.1 Å². The topological polar surface area (TPSA) is 21.3 Å². The Morgan fingerprint density at radius 3 is 2.79 bits per heavy atom. The van der Waals surface area contributed by atoms with E-state index in [0.29, 0.717) is 22.9 Å². The predicted octanol–water partition coefficient (Wildman–Crippen LogP) is 4.86. The van der Waals surface area contributed by atoms with Crippen molar-refractivity contribution >= 4 is 33.2 Å². The van der Waals surface area contributed by atoms with Gasteiger partial charge in [-0.2, -0.15) is 0 Å². The maximum atomic E-state index is 13.6. The summed E-state index contributed by atoms with van der Waals surface area (Å²) in [5, 5.41) is 3.71. The largest absolute Gasteiger partial charge is 0.495 e. The zero-order valence-electron chi connectivity index (χ0n) is 10.2. The Kier molecular flexibility index (Phi) is 4.66. The highest BCUT2D eigenvalue weighted by atomic mass is 79.9. The molecule has 0 aliphatic carbocycles. The molecule has 0 amide bonds. The number of ether oxygens (including phenoxy) is 1. The molecule has 0 aliphatic rings. The van der Waals surface area contributed by atoms with E-state index in [4.69, 9.17) is 16.3 Å². The first-order valence-corrected chi connectivity index (χ1v) is 6.78. The Balaban J connectivity index is 2.18. The molecule has 100 valence electrons. The molecule has 0 fully saturated rings. The minimum Gasteiger partial charge on any atom is -0.495 e. The third-order valence-electron chi connectivity index (χ3n) is 2.64. The van der Waals surface area contributed by atoms with Crippen molar-refractivity contribution in [3.63, 3.8) is 0 Å². The summed E-state index contributed by atoms with van der Waals surface area (Å²) in [6, 6.07) is 10.1. The van der Waals surface area contributed by atoms with Crippen LogP contribution in [0.25, 0.3) is 0 Å². The van der Waals surface area contributed by atoms with E-state index in [1.165, 1.54) is 6.07 Å². The van der Waals surface area contributed by atoms with Gasteiger partial charge in [0.1, 0.15) is 11.6 Å². The fourth-order valence-electron chi connectivity index (χ4n) is 1.69. The van der Waals surface area contributed by atoms with Crippen molar-refractivity contribution in [3.05, 3.63) is 57.3 Å². The molecule has 0 saturated heterocycles. The van der Waals surface area contributed by atoms with E-state index in [0.717, 1.165) is 10.2 Å². The van der Waals surface area contributed by atoms with Crippen molar-refractivity contribution in [3.8, 4) is 5.75 Å². The molecule has 0 spiro atoms. The van der Waals surface area contributed by atoms with E-state index in [1.54, 1.807) is 37.4 Å². The van der Waals surface area contributed by atoms with Crippen LogP contribution in [-0.2, 0) is 6.54 Å². The monoisotopic (exact) mass is 343 g/mol. The molecule has 1 N–H and O–H groups in total. The Hall–Kier alpha value is -1.26. The molecule has 2 nitrogen and oxygen atoms in total. The number of rotatable bonds is 4. The lowest BCUT2D eigenvalue weighted by atomic mass is 10.2. The quantitative estimate of drug-likeness (QED) is 0.855. The highest BCUT2D eigenvalue weighted by Gasteiger charge is 2.06. The summed E-state index contributed by atoms with van der Waals surface area (Å²) >= 11 is 9.26. The molecule has 0 aromatic heterocycles. The van der Waals surface area contributed by atoms with Crippen LogP contribution in [0.2, 0.25) is 5.02 Å². The van der Waals surface area contributed by atoms with Crippen molar-refractivity contribution in [1.82, 2.24) is 0 Å². The van der Waals surface area contributed by atoms with E-state index in [1.807, 2.05) is 0 Å². The molecular weight excluding hydrogens is 333 g/mol. The first kappa shape index (κ1) is 14.2. The van der Waals surface area contributed by atoms with E-state index in [9.17, 15) is 4.39 Å². The molecule has 0 aliphatic heterocycles. The van der Waals surface area contributed by atoms with Gasteiger partial charge in [0.15, 0.2) is 0 Å². The summed E-state index contributed by atoms with van der Waals surface area (Å²) < 4.78 is 19.7. The number of nitrogens with one attached hydrogen (secondary N) is 1. The Labute approximate surface area is 124 Å². The van der Waals surface area contributed by atoms with Crippen LogP contribution in [0.1, 0.15) is 5.56 Å². The maximum Gasteiger partial charge on any atom is 0.142 e. The Morgan fingerprint density at radius 1 is 1.26 bits per heavy atom. The molecule has 2 aromatic carbocycles. The highest BCUT2D eigenvalue weighted by molar-refractivity contribution is 9.10. The maximum absolute atomic E-state index is 13.6. The van der Waals surface area contributed by atoms with Gasteiger partial charge in [-0.1, -0.05) is 27.5 Å². The molecular formula is C14H12BrClFNO. The van der Waals surface area contributed by atoms with Crippen LogP contribution in [0.15, 0.2) is 40.9 Å². The van der Waals surface area contributed by atoms with Gasteiger partial charge in [0, 0.05) is 21.6 Å². The summed E-state index contributed by atoms with van der Waals surface area (Å²) in [6.07, 6.45) is 0. The lowest BCUT2D eigenvalue weighted by Crippen LogP contribution is -2.03. The number of methoxy groups -OCH3 is 1. The summed E-state index contributed by atoms with van der Waals surface area (Å²) in [6.45, 7) is 0.349. The van der Waals surface area contributed by atoms with Gasteiger partial charge in [-0.3, -0.25) is 0 Å². The lowest BCUT2D eigenvalue weighted by molar-refractivity contribution is 0.416. The fraction of sp³-hybridized carbons (Fsp3) is 0.143. The summed E-state index contributed by atoms with van der Waals surface area (Å²) in [5.41, 5.74) is 1.30. The van der Waals surface area contributed by atoms with Gasteiger partial charge < -0.3 is 10.1 Å². The van der Waals surface area contributed by atoms with Crippen LogP contribution in [0.4, 0.5) is 10.1 Å². The Bertz CT molecular complexity index is 592. The molecule has 0 heterocycles. The van der Waals surface area contributed by atoms with Crippen LogP contribution in [0, 0.1) is 5.82 Å². The first-order valence-electron chi connectivity index (χ1n) is 5.61. The molecule has 0 bridgehead atoms. The predicted molar refractivity (Wildman–Crippen MR) is 79.4 cm³/mol. The number of benzene rings is 2. The summed E-state index contributed by atoms with van der Waals surface area (Å²) in [4.78, 5) is 0. The van der Waals surface area contributed by atoms with E-state index in [-0.39, 0.29) is 5.82 Å². The van der Waals surface area contributed by atoms with Crippen LogP contribution in [0.3, 0.4) is 0 Å². The molecule has 19 heavy (non-hydrogen) atoms. The lowest BCUT2D eigenvalue weighted by Gasteiger charge is -2.12. The molecule has 0 atom stereocenters. The standard InChI is InChI=1S/C14H12BrClFNO/c1-19-14-5-3-11(16)7-13(14)18-8-9-6-10(15)2-4-12(9)17/h2-7,18H,8H2,1H3. The smallest absolute Gasteiger partial charge is 0.142 e. The second-order valence-corrected chi connectivity index (χ2v) is 5.29. The minimum atomic E-state index is -0.253. The molecule has 0 saturated carbocycles. The van der Waals surface area contributed by atoms with E-state index < -0.39 is 0 Å². The number of hydrogen-bond donors (Lipinski definition) is 1. The van der Waals surface area contributed by atoms with Crippen LogP contribution in [-0.4, -0.2) is 7.11 Å². The van der Waals surface area contributed by atoms with Crippen molar-refractivity contribution in [1.29, 1.82) is 0 Å². The first-order chi connectivity index (χ1) is 9.10. The molecule has 2 aromatic rings. The molecule has 5 heteroatoms. The van der Waals surface area contributed by atoms with Gasteiger partial charge in [0.2, 0.25) is 0 Å². The second-order valence-electron chi connectivity index (χ2n) is 3.93. The molecule has 2 rings (SSSR count). The zero-order valence-corrected chi connectivity index (χ0v) is 12.6. The normalized spacial score (nSPS) is 10.3. The van der Waals surface area contributed by atoms with Gasteiger partial charge in [-0.05, 0) is 36.4 Å². The van der Waals surface area contributed by atoms with Gasteiger partial charge >= 0.3 is 0 Å². The van der Waals surface area contributed by atoms with Crippen molar-refractivity contribution in [2.45, 2.75) is 6.54 Å².